The number of nitrogens with one attached hydrogen (secondary N) is 1. The maximum atomic E-state index is 11.0. The van der Waals surface area contributed by atoms with Crippen molar-refractivity contribution in [2.75, 3.05) is 19.0 Å². The van der Waals surface area contributed by atoms with Crippen LogP contribution in [-0.4, -0.2) is 47.9 Å². The Morgan fingerprint density at radius 2 is 2.12 bits per heavy atom. The lowest BCUT2D eigenvalue weighted by Crippen LogP contribution is -2.21. The first-order chi connectivity index (χ1) is 15.9. The highest BCUT2D eigenvalue weighted by Gasteiger charge is 2.26. The van der Waals surface area contributed by atoms with E-state index in [1.165, 1.54) is 0 Å². The van der Waals surface area contributed by atoms with Crippen LogP contribution in [0.5, 0.6) is 0 Å². The molecule has 2 unspecified atom stereocenters. The highest BCUT2D eigenvalue weighted by molar-refractivity contribution is 7.84. The smallest absolute Gasteiger partial charge is 0.333 e. The SMILES string of the molecule is CO.NS(=O)(=O)OCC1CCC(Nc2ccnc3cc(-c4csc5cc(Cl)ccc45)nn23)C1. The molecule has 1 aromatic carbocycles. The monoisotopic (exact) mass is 509 g/mol. The predicted octanol–water partition coefficient (Wildman–Crippen LogP) is 3.67. The molecule has 0 radical (unpaired) electrons. The highest BCUT2D eigenvalue weighted by atomic mass is 35.5. The number of hydrogen-bond acceptors (Lipinski definition) is 8. The third-order valence-electron chi connectivity index (χ3n) is 5.53. The summed E-state index contributed by atoms with van der Waals surface area (Å²) in [5.41, 5.74) is 2.65. The van der Waals surface area contributed by atoms with Gasteiger partial charge in [0.05, 0.1) is 12.3 Å². The highest BCUT2D eigenvalue weighted by Crippen LogP contribution is 2.35. The molecule has 176 valence electrons. The van der Waals surface area contributed by atoms with Gasteiger partial charge in [0.15, 0.2) is 5.65 Å². The molecule has 0 saturated heterocycles. The van der Waals surface area contributed by atoms with Crippen LogP contribution in [0.4, 0.5) is 5.82 Å². The van der Waals surface area contributed by atoms with Crippen LogP contribution < -0.4 is 10.5 Å². The number of aliphatic hydroxyl groups excluding tert-OH is 1. The third-order valence-corrected chi connectivity index (χ3v) is 7.18. The van der Waals surface area contributed by atoms with Crippen LogP contribution in [0.1, 0.15) is 19.3 Å². The Balaban J connectivity index is 0.00000126. The normalized spacial score (nSPS) is 18.4. The van der Waals surface area contributed by atoms with Crippen molar-refractivity contribution < 1.29 is 17.7 Å². The van der Waals surface area contributed by atoms with Gasteiger partial charge in [-0.05, 0) is 43.4 Å². The second-order valence-corrected chi connectivity index (χ2v) is 10.3. The molecule has 0 bridgehead atoms. The molecular weight excluding hydrogens is 486 g/mol. The van der Waals surface area contributed by atoms with Gasteiger partial charge in [-0.15, -0.1) is 11.3 Å². The van der Waals surface area contributed by atoms with E-state index in [1.54, 1.807) is 17.5 Å². The van der Waals surface area contributed by atoms with Crippen LogP contribution in [0, 0.1) is 5.92 Å². The van der Waals surface area contributed by atoms with Gasteiger partial charge in [-0.2, -0.15) is 18.0 Å². The Morgan fingerprint density at radius 1 is 1.30 bits per heavy atom. The minimum Gasteiger partial charge on any atom is -0.400 e. The number of hydrogen-bond donors (Lipinski definition) is 3. The van der Waals surface area contributed by atoms with Crippen molar-refractivity contribution in [2.24, 2.45) is 11.1 Å². The Kier molecular flexibility index (Phi) is 7.17. The van der Waals surface area contributed by atoms with Crippen LogP contribution in [0.3, 0.4) is 0 Å². The number of benzene rings is 1. The van der Waals surface area contributed by atoms with Crippen molar-refractivity contribution in [3.63, 3.8) is 0 Å². The summed E-state index contributed by atoms with van der Waals surface area (Å²) in [6, 6.07) is 9.92. The Labute approximate surface area is 200 Å². The molecule has 0 spiro atoms. The predicted molar refractivity (Wildman–Crippen MR) is 131 cm³/mol. The second kappa shape index (κ2) is 9.92. The van der Waals surface area contributed by atoms with Gasteiger partial charge < -0.3 is 10.4 Å². The lowest BCUT2D eigenvalue weighted by Gasteiger charge is -2.15. The van der Waals surface area contributed by atoms with E-state index in [0.717, 1.165) is 59.2 Å². The lowest BCUT2D eigenvalue weighted by molar-refractivity contribution is 0.256. The van der Waals surface area contributed by atoms with Gasteiger partial charge in [0.1, 0.15) is 5.82 Å². The summed E-state index contributed by atoms with van der Waals surface area (Å²) < 4.78 is 29.7. The number of nitrogens with two attached hydrogens (primary N) is 1. The summed E-state index contributed by atoms with van der Waals surface area (Å²) in [4.78, 5) is 4.45. The van der Waals surface area contributed by atoms with Crippen molar-refractivity contribution in [1.82, 2.24) is 14.6 Å². The summed E-state index contributed by atoms with van der Waals surface area (Å²) in [6.45, 7) is 0.115. The molecule has 12 heteroatoms. The summed E-state index contributed by atoms with van der Waals surface area (Å²) in [5, 5.41) is 24.2. The fourth-order valence-electron chi connectivity index (χ4n) is 4.09. The minimum absolute atomic E-state index is 0.115. The molecule has 1 fully saturated rings. The van der Waals surface area contributed by atoms with Crippen LogP contribution in [0.25, 0.3) is 27.0 Å². The van der Waals surface area contributed by atoms with Crippen LogP contribution in [-0.2, 0) is 14.5 Å². The van der Waals surface area contributed by atoms with Gasteiger partial charge >= 0.3 is 10.3 Å². The molecule has 5 rings (SSSR count). The van der Waals surface area contributed by atoms with Gasteiger partial charge in [0.25, 0.3) is 0 Å². The second-order valence-electron chi connectivity index (χ2n) is 7.72. The minimum atomic E-state index is -3.90. The van der Waals surface area contributed by atoms with Gasteiger partial charge in [-0.3, -0.25) is 4.18 Å². The molecular formula is C21H24ClN5O4S2. The maximum Gasteiger partial charge on any atom is 0.333 e. The molecule has 4 aromatic rings. The molecule has 3 aromatic heterocycles. The molecule has 33 heavy (non-hydrogen) atoms. The molecule has 0 aliphatic heterocycles. The van der Waals surface area contributed by atoms with E-state index < -0.39 is 10.3 Å². The van der Waals surface area contributed by atoms with Crippen LogP contribution >= 0.6 is 22.9 Å². The van der Waals surface area contributed by atoms with Crippen molar-refractivity contribution in [3.05, 3.63) is 46.9 Å². The van der Waals surface area contributed by atoms with Crippen molar-refractivity contribution in [2.45, 2.75) is 25.3 Å². The standard InChI is InChI=1S/C20H20ClN5O3S2.CH4O/c21-13-2-4-15-16(11-30-18(15)8-13)17-9-20-23-6-5-19(26(20)25-17)24-14-3-1-12(7-14)10-29-31(22,27)28;1-2/h2,4-6,8-9,11-12,14,24H,1,3,7,10H2,(H2,22,27,28);2H,1H3. The topological polar surface area (TPSA) is 132 Å². The summed E-state index contributed by atoms with van der Waals surface area (Å²) in [5.74, 6) is 0.988. The Bertz CT molecular complexity index is 1370. The largest absolute Gasteiger partial charge is 0.400 e. The fraction of sp³-hybridized carbons (Fsp3) is 0.333. The molecule has 1 saturated carbocycles. The molecule has 2 atom stereocenters. The van der Waals surface area contributed by atoms with Gasteiger partial charge in [0, 0.05) is 51.5 Å². The summed E-state index contributed by atoms with van der Waals surface area (Å²) in [6.07, 6.45) is 4.33. The first-order valence-electron chi connectivity index (χ1n) is 10.3. The van der Waals surface area contributed by atoms with Crippen LogP contribution in [0.15, 0.2) is 41.9 Å². The van der Waals surface area contributed by atoms with E-state index in [9.17, 15) is 8.42 Å². The van der Waals surface area contributed by atoms with Gasteiger partial charge in [-0.25, -0.2) is 10.1 Å². The van der Waals surface area contributed by atoms with Crippen molar-refractivity contribution in [3.8, 4) is 11.3 Å². The number of aliphatic hydroxyl groups is 1. The quantitative estimate of drug-likeness (QED) is 0.361. The first kappa shape index (κ1) is 23.9. The van der Waals surface area contributed by atoms with E-state index in [4.69, 9.17) is 31.1 Å². The first-order valence-corrected chi connectivity index (χ1v) is 13.0. The molecule has 1 aliphatic rings. The maximum absolute atomic E-state index is 11.0. The molecule has 4 N–H and O–H groups in total. The van der Waals surface area contributed by atoms with E-state index in [1.807, 2.05) is 34.8 Å². The Morgan fingerprint density at radius 3 is 2.91 bits per heavy atom. The molecule has 3 heterocycles. The number of nitrogens with zero attached hydrogens (tertiary/aromatic N) is 3. The van der Waals surface area contributed by atoms with Crippen LogP contribution in [0.2, 0.25) is 5.02 Å². The number of rotatable bonds is 6. The molecule has 0 amide bonds. The summed E-state index contributed by atoms with van der Waals surface area (Å²) in [7, 11) is -2.90. The number of thiophene rings is 1. The molecule has 9 nitrogen and oxygen atoms in total. The summed E-state index contributed by atoms with van der Waals surface area (Å²) >= 11 is 7.75. The van der Waals surface area contributed by atoms with E-state index in [2.05, 4.69) is 15.7 Å². The van der Waals surface area contributed by atoms with Crippen molar-refractivity contribution >= 4 is 54.8 Å². The van der Waals surface area contributed by atoms with E-state index in [0.29, 0.717) is 5.02 Å². The number of halogens is 1. The number of fused-ring (bicyclic) bond motifs is 2. The zero-order valence-corrected chi connectivity index (χ0v) is 20.2. The number of anilines is 1. The zero-order valence-electron chi connectivity index (χ0n) is 17.8. The average Bonchev–Trinajstić information content (AvgIpc) is 3.51. The van der Waals surface area contributed by atoms with Crippen molar-refractivity contribution in [1.29, 1.82) is 0 Å². The molecule has 1 aliphatic carbocycles. The van der Waals surface area contributed by atoms with E-state index in [-0.39, 0.29) is 18.6 Å². The zero-order chi connectivity index (χ0) is 23.6. The van der Waals surface area contributed by atoms with Gasteiger partial charge in [0.2, 0.25) is 0 Å². The average molecular weight is 510 g/mol. The van der Waals surface area contributed by atoms with E-state index >= 15 is 0 Å². The third kappa shape index (κ3) is 5.45. The Hall–Kier alpha value is -2.28. The number of aromatic nitrogens is 3. The van der Waals surface area contributed by atoms with Gasteiger partial charge in [-0.1, -0.05) is 17.7 Å². The lowest BCUT2D eigenvalue weighted by atomic mass is 10.1. The fourth-order valence-corrected chi connectivity index (χ4v) is 5.71.